The molecule has 8 heteroatoms. The molecule has 92 valence electrons. The van der Waals surface area contributed by atoms with Crippen molar-refractivity contribution >= 4 is 17.6 Å². The van der Waals surface area contributed by atoms with Gasteiger partial charge in [-0.15, -0.1) is 0 Å². The maximum atomic E-state index is 8.64. The maximum Gasteiger partial charge on any atom is 0.222 e. The molecule has 1 aromatic heterocycles. The molecule has 3 N–H and O–H groups in total. The minimum Gasteiger partial charge on any atom is -0.353 e. The van der Waals surface area contributed by atoms with Gasteiger partial charge in [0.05, 0.1) is 0 Å². The van der Waals surface area contributed by atoms with E-state index >= 15 is 0 Å². The second-order valence-electron chi connectivity index (χ2n) is 3.53. The topological polar surface area (TPSA) is 84.2 Å². The Hall–Kier alpha value is -1.57. The lowest BCUT2D eigenvalue weighted by Gasteiger charge is -2.17. The Labute approximate surface area is 103 Å². The van der Waals surface area contributed by atoms with Crippen LogP contribution in [0.15, 0.2) is 23.4 Å². The van der Waals surface area contributed by atoms with Crippen molar-refractivity contribution in [3.05, 3.63) is 29.0 Å². The molecule has 1 aliphatic heterocycles. The van der Waals surface area contributed by atoms with Gasteiger partial charge in [0.1, 0.15) is 5.15 Å². The zero-order valence-electron chi connectivity index (χ0n) is 8.91. The third-order valence-electron chi connectivity index (χ3n) is 2.31. The van der Waals surface area contributed by atoms with Gasteiger partial charge < -0.3 is 10.2 Å². The second-order valence-corrected chi connectivity index (χ2v) is 3.92. The van der Waals surface area contributed by atoms with Crippen LogP contribution in [0.2, 0.25) is 5.15 Å². The van der Waals surface area contributed by atoms with Crippen molar-refractivity contribution in [1.29, 1.82) is 0 Å². The number of hydrogen-bond acceptors (Lipinski definition) is 5. The van der Waals surface area contributed by atoms with Crippen molar-refractivity contribution in [2.24, 2.45) is 5.10 Å². The first-order valence-corrected chi connectivity index (χ1v) is 5.38. The SMILES string of the molecule is ON(O)/N=C1\NCCN1Cc1ccc(Cl)nc1. The Balaban J connectivity index is 2.05. The fraction of sp³-hybridized carbons (Fsp3) is 0.333. The number of nitrogens with zero attached hydrogens (tertiary/aromatic N) is 4. The van der Waals surface area contributed by atoms with Crippen LogP contribution < -0.4 is 5.32 Å². The molecular weight excluding hydrogens is 246 g/mol. The van der Waals surface area contributed by atoms with Gasteiger partial charge in [-0.1, -0.05) is 22.8 Å². The predicted molar refractivity (Wildman–Crippen MR) is 60.5 cm³/mol. The first kappa shape index (κ1) is 11.9. The van der Waals surface area contributed by atoms with Crippen LogP contribution in [-0.4, -0.2) is 44.7 Å². The highest BCUT2D eigenvalue weighted by Gasteiger charge is 2.19. The van der Waals surface area contributed by atoms with Gasteiger partial charge in [0, 0.05) is 25.8 Å². The van der Waals surface area contributed by atoms with Crippen LogP contribution in [0.25, 0.3) is 0 Å². The predicted octanol–water partition coefficient (Wildman–Crippen LogP) is 0.492. The first-order chi connectivity index (χ1) is 8.15. The molecule has 17 heavy (non-hydrogen) atoms. The molecule has 7 nitrogen and oxygen atoms in total. The van der Waals surface area contributed by atoms with E-state index in [1.807, 2.05) is 11.0 Å². The van der Waals surface area contributed by atoms with Crippen LogP contribution in [0.5, 0.6) is 0 Å². The van der Waals surface area contributed by atoms with E-state index in [1.54, 1.807) is 12.3 Å². The maximum absolute atomic E-state index is 8.64. The summed E-state index contributed by atoms with van der Waals surface area (Å²) in [5.41, 5.74) is 0.966. The van der Waals surface area contributed by atoms with Gasteiger partial charge in [-0.25, -0.2) is 15.4 Å². The molecule has 1 aromatic rings. The largest absolute Gasteiger partial charge is 0.353 e. The van der Waals surface area contributed by atoms with E-state index in [-0.39, 0.29) is 5.34 Å². The molecule has 0 atom stereocenters. The van der Waals surface area contributed by atoms with Crippen LogP contribution in [0.1, 0.15) is 5.56 Å². The summed E-state index contributed by atoms with van der Waals surface area (Å²) in [4.78, 5) is 5.84. The number of hydrazone groups is 1. The molecule has 0 bridgehead atoms. The van der Waals surface area contributed by atoms with Crippen molar-refractivity contribution in [3.8, 4) is 0 Å². The summed E-state index contributed by atoms with van der Waals surface area (Å²) >= 11 is 5.69. The van der Waals surface area contributed by atoms with Gasteiger partial charge >= 0.3 is 0 Å². The third-order valence-corrected chi connectivity index (χ3v) is 2.53. The fourth-order valence-electron chi connectivity index (χ4n) is 1.58. The van der Waals surface area contributed by atoms with E-state index in [9.17, 15) is 0 Å². The number of rotatable bonds is 3. The summed E-state index contributed by atoms with van der Waals surface area (Å²) in [5.74, 6) is 0.407. The van der Waals surface area contributed by atoms with Gasteiger partial charge in [-0.05, 0) is 17.0 Å². The molecule has 0 unspecified atom stereocenters. The molecule has 1 saturated heterocycles. The van der Waals surface area contributed by atoms with Crippen molar-refractivity contribution < 1.29 is 10.4 Å². The lowest BCUT2D eigenvalue weighted by atomic mass is 10.3. The molecule has 0 radical (unpaired) electrons. The number of guanidine groups is 1. The molecule has 1 fully saturated rings. The van der Waals surface area contributed by atoms with E-state index in [0.29, 0.717) is 24.2 Å². The summed E-state index contributed by atoms with van der Waals surface area (Å²) in [5, 5.41) is 24.0. The Kier molecular flexibility index (Phi) is 3.62. The average molecular weight is 258 g/mol. The molecular formula is C9H12ClN5O2. The summed E-state index contributed by atoms with van der Waals surface area (Å²) in [6.07, 6.45) is 1.67. The minimum atomic E-state index is -0.208. The van der Waals surface area contributed by atoms with Gasteiger partial charge in [0.15, 0.2) is 0 Å². The molecule has 0 amide bonds. The Morgan fingerprint density at radius 2 is 2.35 bits per heavy atom. The number of pyridine rings is 1. The van der Waals surface area contributed by atoms with Crippen LogP contribution in [0.3, 0.4) is 0 Å². The van der Waals surface area contributed by atoms with Crippen molar-refractivity contribution in [2.45, 2.75) is 6.54 Å². The summed E-state index contributed by atoms with van der Waals surface area (Å²) in [6.45, 7) is 2.01. The minimum absolute atomic E-state index is 0.208. The van der Waals surface area contributed by atoms with E-state index in [0.717, 1.165) is 12.1 Å². The Bertz CT molecular complexity index is 408. The third kappa shape index (κ3) is 3.19. The van der Waals surface area contributed by atoms with Gasteiger partial charge in [-0.3, -0.25) is 0 Å². The number of halogens is 1. The molecule has 0 saturated carbocycles. The highest BCUT2D eigenvalue weighted by Crippen LogP contribution is 2.09. The standard InChI is InChI=1S/C9H12ClN5O2/c10-8-2-1-7(5-12-8)6-14-4-3-11-9(14)13-15(16)17/h1-2,5,16-17H,3-4,6H2,(H,11,13). The number of aromatic nitrogens is 1. The highest BCUT2D eigenvalue weighted by atomic mass is 35.5. The second kappa shape index (κ2) is 5.17. The van der Waals surface area contributed by atoms with Crippen molar-refractivity contribution in [1.82, 2.24) is 20.5 Å². The van der Waals surface area contributed by atoms with Gasteiger partial charge in [0.2, 0.25) is 5.96 Å². The highest BCUT2D eigenvalue weighted by molar-refractivity contribution is 6.29. The summed E-state index contributed by atoms with van der Waals surface area (Å²) in [6, 6.07) is 3.57. The first-order valence-electron chi connectivity index (χ1n) is 5.01. The monoisotopic (exact) mass is 257 g/mol. The van der Waals surface area contributed by atoms with E-state index in [1.165, 1.54) is 0 Å². The van der Waals surface area contributed by atoms with Crippen LogP contribution in [0, 0.1) is 0 Å². The van der Waals surface area contributed by atoms with Crippen LogP contribution >= 0.6 is 11.6 Å². The van der Waals surface area contributed by atoms with E-state index in [4.69, 9.17) is 22.0 Å². The molecule has 2 heterocycles. The Morgan fingerprint density at radius 1 is 1.53 bits per heavy atom. The van der Waals surface area contributed by atoms with Crippen LogP contribution in [-0.2, 0) is 6.54 Å². The van der Waals surface area contributed by atoms with E-state index in [2.05, 4.69) is 15.4 Å². The lowest BCUT2D eigenvalue weighted by molar-refractivity contribution is -0.308. The quantitative estimate of drug-likeness (QED) is 0.540. The van der Waals surface area contributed by atoms with Crippen molar-refractivity contribution in [3.63, 3.8) is 0 Å². The fourth-order valence-corrected chi connectivity index (χ4v) is 1.69. The molecule has 0 aliphatic carbocycles. The van der Waals surface area contributed by atoms with Gasteiger partial charge in [0.25, 0.3) is 0 Å². The van der Waals surface area contributed by atoms with Gasteiger partial charge in [-0.2, -0.15) is 0 Å². The molecule has 0 spiro atoms. The Morgan fingerprint density at radius 3 is 3.00 bits per heavy atom. The van der Waals surface area contributed by atoms with Crippen molar-refractivity contribution in [2.75, 3.05) is 13.1 Å². The lowest BCUT2D eigenvalue weighted by Crippen LogP contribution is -2.31. The molecule has 0 aromatic carbocycles. The molecule has 1 aliphatic rings. The molecule has 2 rings (SSSR count). The summed E-state index contributed by atoms with van der Waals surface area (Å²) < 4.78 is 0. The smallest absolute Gasteiger partial charge is 0.222 e. The number of hydrogen-bond donors (Lipinski definition) is 3. The zero-order chi connectivity index (χ0) is 12.3. The zero-order valence-corrected chi connectivity index (χ0v) is 9.67. The normalized spacial score (nSPS) is 17.4. The van der Waals surface area contributed by atoms with E-state index < -0.39 is 0 Å². The van der Waals surface area contributed by atoms with Crippen LogP contribution in [0.4, 0.5) is 0 Å². The summed E-state index contributed by atoms with van der Waals surface area (Å²) in [7, 11) is 0. The number of nitrogens with one attached hydrogen (secondary N) is 1. The average Bonchev–Trinajstić information content (AvgIpc) is 2.68.